The zero-order valence-electron chi connectivity index (χ0n) is 13.9. The Hall–Kier alpha value is -3.28. The van der Waals surface area contributed by atoms with Crippen LogP contribution in [0.4, 0.5) is 8.78 Å². The largest absolute Gasteiger partial charge is 0.497 e. The molecule has 0 aliphatic carbocycles. The lowest BCUT2D eigenvalue weighted by atomic mass is 9.99. The van der Waals surface area contributed by atoms with Crippen LogP contribution in [0.25, 0.3) is 11.1 Å². The number of benzene rings is 2. The van der Waals surface area contributed by atoms with Crippen LogP contribution in [0, 0.1) is 11.6 Å². The van der Waals surface area contributed by atoms with Gasteiger partial charge in [0.1, 0.15) is 17.4 Å². The summed E-state index contributed by atoms with van der Waals surface area (Å²) in [6.07, 6.45) is 1.14. The molecule has 0 atom stereocenters. The van der Waals surface area contributed by atoms with Crippen molar-refractivity contribution in [3.8, 4) is 16.9 Å². The molecule has 6 heteroatoms. The molecule has 26 heavy (non-hydrogen) atoms. The maximum atomic E-state index is 14.6. The number of aromatic nitrogens is 1. The summed E-state index contributed by atoms with van der Waals surface area (Å²) in [6, 6.07) is 12.1. The second-order valence-electron chi connectivity index (χ2n) is 5.63. The molecular weight excluding hydrogens is 340 g/mol. The number of hydrogen-bond acceptors (Lipinski definition) is 3. The van der Waals surface area contributed by atoms with Gasteiger partial charge in [-0.25, -0.2) is 13.6 Å². The van der Waals surface area contributed by atoms with Gasteiger partial charge in [0.25, 0.3) is 0 Å². The highest BCUT2D eigenvalue weighted by Gasteiger charge is 2.17. The predicted octanol–water partition coefficient (Wildman–Crippen LogP) is 4.32. The van der Waals surface area contributed by atoms with Gasteiger partial charge < -0.3 is 9.84 Å². The van der Waals surface area contributed by atoms with E-state index >= 15 is 0 Å². The summed E-state index contributed by atoms with van der Waals surface area (Å²) in [5.74, 6) is -2.14. The topological polar surface area (TPSA) is 59.4 Å². The average Bonchev–Trinajstić information content (AvgIpc) is 2.64. The van der Waals surface area contributed by atoms with Gasteiger partial charge in [-0.15, -0.1) is 0 Å². The van der Waals surface area contributed by atoms with Gasteiger partial charge in [-0.05, 0) is 47.5 Å². The van der Waals surface area contributed by atoms with Crippen molar-refractivity contribution in [2.45, 2.75) is 6.42 Å². The highest BCUT2D eigenvalue weighted by Crippen LogP contribution is 2.28. The molecular formula is C20H15F2NO3. The Bertz CT molecular complexity index is 950. The van der Waals surface area contributed by atoms with Gasteiger partial charge in [0.05, 0.1) is 18.4 Å². The smallest absolute Gasteiger partial charge is 0.337 e. The molecule has 0 bridgehead atoms. The lowest BCUT2D eigenvalue weighted by Gasteiger charge is -2.10. The van der Waals surface area contributed by atoms with Crippen LogP contribution in [0.2, 0.25) is 0 Å². The summed E-state index contributed by atoms with van der Waals surface area (Å²) in [5, 5.41) is 9.19. The maximum Gasteiger partial charge on any atom is 0.337 e. The summed E-state index contributed by atoms with van der Waals surface area (Å²) in [5.41, 5.74) is 0.771. The van der Waals surface area contributed by atoms with Crippen LogP contribution >= 0.6 is 0 Å². The number of ether oxygens (including phenoxy) is 1. The van der Waals surface area contributed by atoms with E-state index in [0.29, 0.717) is 16.9 Å². The van der Waals surface area contributed by atoms with E-state index in [4.69, 9.17) is 4.74 Å². The van der Waals surface area contributed by atoms with Crippen molar-refractivity contribution >= 4 is 5.97 Å². The van der Waals surface area contributed by atoms with E-state index in [1.54, 1.807) is 24.3 Å². The molecule has 0 fully saturated rings. The van der Waals surface area contributed by atoms with Gasteiger partial charge in [0.15, 0.2) is 0 Å². The van der Waals surface area contributed by atoms with Crippen LogP contribution in [0.15, 0.2) is 54.7 Å². The fourth-order valence-corrected chi connectivity index (χ4v) is 2.68. The Morgan fingerprint density at radius 3 is 2.46 bits per heavy atom. The average molecular weight is 355 g/mol. The Morgan fingerprint density at radius 1 is 1.08 bits per heavy atom. The number of carboxylic acid groups (broad SMARTS) is 1. The molecule has 1 aromatic heterocycles. The summed E-state index contributed by atoms with van der Waals surface area (Å²) < 4.78 is 34.2. The molecule has 0 aliphatic heterocycles. The molecule has 0 radical (unpaired) electrons. The molecule has 0 aliphatic rings. The van der Waals surface area contributed by atoms with Crippen molar-refractivity contribution in [3.05, 3.63) is 83.2 Å². The standard InChI is InChI=1S/C20H15F2NO3/c1-26-14-5-2-4-12(8-14)13-9-17(21)16(18(22)10-13)11-19-15(20(24)25)6-3-7-23-19/h2-10H,11H2,1H3,(H,24,25). The van der Waals surface area contributed by atoms with E-state index in [2.05, 4.69) is 4.98 Å². The number of pyridine rings is 1. The van der Waals surface area contributed by atoms with E-state index in [-0.39, 0.29) is 23.2 Å². The van der Waals surface area contributed by atoms with Crippen LogP contribution in [-0.2, 0) is 6.42 Å². The number of hydrogen-bond donors (Lipinski definition) is 1. The molecule has 2 aromatic carbocycles. The van der Waals surface area contributed by atoms with Gasteiger partial charge in [-0.3, -0.25) is 4.98 Å². The van der Waals surface area contributed by atoms with E-state index in [0.717, 1.165) is 0 Å². The molecule has 3 aromatic rings. The quantitative estimate of drug-likeness (QED) is 0.740. The fraction of sp³-hybridized carbons (Fsp3) is 0.100. The molecule has 0 saturated carbocycles. The zero-order chi connectivity index (χ0) is 18.7. The van der Waals surface area contributed by atoms with Gasteiger partial charge in [0, 0.05) is 18.2 Å². The van der Waals surface area contributed by atoms with Gasteiger partial charge >= 0.3 is 5.97 Å². The molecule has 132 valence electrons. The summed E-state index contributed by atoms with van der Waals surface area (Å²) in [6.45, 7) is 0. The lowest BCUT2D eigenvalue weighted by molar-refractivity contribution is 0.0695. The Morgan fingerprint density at radius 2 is 1.81 bits per heavy atom. The van der Waals surface area contributed by atoms with Crippen molar-refractivity contribution in [1.82, 2.24) is 4.98 Å². The van der Waals surface area contributed by atoms with Gasteiger partial charge in [-0.2, -0.15) is 0 Å². The minimum atomic E-state index is -1.19. The van der Waals surface area contributed by atoms with E-state index < -0.39 is 17.6 Å². The minimum absolute atomic E-state index is 0.0804. The maximum absolute atomic E-state index is 14.6. The second kappa shape index (κ2) is 7.31. The van der Waals surface area contributed by atoms with Crippen LogP contribution < -0.4 is 4.74 Å². The molecule has 3 rings (SSSR count). The van der Waals surface area contributed by atoms with Crippen molar-refractivity contribution in [1.29, 1.82) is 0 Å². The fourth-order valence-electron chi connectivity index (χ4n) is 2.68. The highest BCUT2D eigenvalue weighted by molar-refractivity contribution is 5.88. The molecule has 4 nitrogen and oxygen atoms in total. The SMILES string of the molecule is COc1cccc(-c2cc(F)c(Cc3ncccc3C(=O)O)c(F)c2)c1. The van der Waals surface area contributed by atoms with Gasteiger partial charge in [0.2, 0.25) is 0 Å². The first kappa shape index (κ1) is 17.5. The third kappa shape index (κ3) is 3.54. The normalized spacial score (nSPS) is 10.6. The Balaban J connectivity index is 1.99. The summed E-state index contributed by atoms with van der Waals surface area (Å²) in [7, 11) is 1.51. The van der Waals surface area contributed by atoms with E-state index in [1.165, 1.54) is 37.6 Å². The van der Waals surface area contributed by atoms with Crippen molar-refractivity contribution in [2.24, 2.45) is 0 Å². The first-order chi connectivity index (χ1) is 12.5. The van der Waals surface area contributed by atoms with Crippen LogP contribution in [0.5, 0.6) is 5.75 Å². The van der Waals surface area contributed by atoms with E-state index in [1.807, 2.05) is 0 Å². The number of aromatic carboxylic acids is 1. The molecule has 1 heterocycles. The minimum Gasteiger partial charge on any atom is -0.497 e. The van der Waals surface area contributed by atoms with Crippen LogP contribution in [-0.4, -0.2) is 23.2 Å². The first-order valence-electron chi connectivity index (χ1n) is 7.79. The van der Waals surface area contributed by atoms with Crippen molar-refractivity contribution in [2.75, 3.05) is 7.11 Å². The number of rotatable bonds is 5. The number of nitrogens with zero attached hydrogens (tertiary/aromatic N) is 1. The first-order valence-corrected chi connectivity index (χ1v) is 7.79. The van der Waals surface area contributed by atoms with Crippen molar-refractivity contribution in [3.63, 3.8) is 0 Å². The van der Waals surface area contributed by atoms with Crippen LogP contribution in [0.3, 0.4) is 0 Å². The van der Waals surface area contributed by atoms with Gasteiger partial charge in [-0.1, -0.05) is 12.1 Å². The van der Waals surface area contributed by atoms with Crippen molar-refractivity contribution < 1.29 is 23.4 Å². The third-order valence-electron chi connectivity index (χ3n) is 4.01. The summed E-state index contributed by atoms with van der Waals surface area (Å²) in [4.78, 5) is 15.2. The zero-order valence-corrected chi connectivity index (χ0v) is 13.9. The Kier molecular flexibility index (Phi) is 4.93. The summed E-state index contributed by atoms with van der Waals surface area (Å²) >= 11 is 0. The second-order valence-corrected chi connectivity index (χ2v) is 5.63. The van der Waals surface area contributed by atoms with E-state index in [9.17, 15) is 18.7 Å². The number of carboxylic acids is 1. The highest BCUT2D eigenvalue weighted by atomic mass is 19.1. The molecule has 1 N–H and O–H groups in total. The number of methoxy groups -OCH3 is 1. The number of carbonyl (C=O) groups is 1. The molecule has 0 spiro atoms. The van der Waals surface area contributed by atoms with Crippen LogP contribution in [0.1, 0.15) is 21.6 Å². The lowest BCUT2D eigenvalue weighted by Crippen LogP contribution is -2.07. The molecule has 0 amide bonds. The molecule has 0 saturated heterocycles. The Labute approximate surface area is 148 Å². The predicted molar refractivity (Wildman–Crippen MR) is 92.3 cm³/mol. The molecule has 0 unspecified atom stereocenters. The third-order valence-corrected chi connectivity index (χ3v) is 4.01. The number of halogens is 2. The monoisotopic (exact) mass is 355 g/mol.